The molecule has 7 heteroatoms. The van der Waals surface area contributed by atoms with Crippen molar-refractivity contribution in [3.8, 4) is 0 Å². The van der Waals surface area contributed by atoms with E-state index in [1.54, 1.807) is 13.8 Å². The van der Waals surface area contributed by atoms with Crippen molar-refractivity contribution in [1.29, 1.82) is 0 Å². The number of hydrogen-bond donors (Lipinski definition) is 2. The van der Waals surface area contributed by atoms with Crippen molar-refractivity contribution in [3.05, 3.63) is 11.4 Å². The summed E-state index contributed by atoms with van der Waals surface area (Å²) in [4.78, 5) is 2.56. The summed E-state index contributed by atoms with van der Waals surface area (Å²) in [6, 6.07) is -0.00704. The summed E-state index contributed by atoms with van der Waals surface area (Å²) in [6.07, 6.45) is 1.93. The molecule has 1 aliphatic heterocycles. The van der Waals surface area contributed by atoms with Crippen molar-refractivity contribution >= 4 is 10.0 Å². The summed E-state index contributed by atoms with van der Waals surface area (Å²) in [5.41, 5.74) is 1.11. The van der Waals surface area contributed by atoms with E-state index in [1.807, 2.05) is 0 Å². The highest BCUT2D eigenvalue weighted by Gasteiger charge is 2.27. The third-order valence-corrected chi connectivity index (χ3v) is 5.39. The fourth-order valence-corrected chi connectivity index (χ4v) is 4.29. The first kappa shape index (κ1) is 14.5. The van der Waals surface area contributed by atoms with E-state index in [0.29, 0.717) is 16.3 Å². The normalized spacial score (nSPS) is 21.7. The Morgan fingerprint density at radius 3 is 2.79 bits per heavy atom. The molecule has 2 N–H and O–H groups in total. The monoisotopic (exact) mass is 286 g/mol. The number of sulfonamides is 1. The molecule has 2 rings (SSSR count). The lowest BCUT2D eigenvalue weighted by atomic mass is 10.1. The zero-order valence-corrected chi connectivity index (χ0v) is 12.5. The second kappa shape index (κ2) is 5.60. The Kier molecular flexibility index (Phi) is 4.27. The number of aromatic amines is 1. The lowest BCUT2D eigenvalue weighted by molar-refractivity contribution is 0.211. The molecule has 1 atom stereocenters. The molecule has 6 nitrogen and oxygen atoms in total. The highest BCUT2D eigenvalue weighted by atomic mass is 32.2. The fourth-order valence-electron chi connectivity index (χ4n) is 2.65. The molecule has 1 saturated heterocycles. The van der Waals surface area contributed by atoms with Gasteiger partial charge in [-0.05, 0) is 39.8 Å². The smallest absolute Gasteiger partial charge is 0.244 e. The first-order valence-electron chi connectivity index (χ1n) is 6.70. The third-order valence-electron chi connectivity index (χ3n) is 3.60. The van der Waals surface area contributed by atoms with Crippen LogP contribution in [-0.2, 0) is 10.0 Å². The van der Waals surface area contributed by atoms with Gasteiger partial charge in [0.1, 0.15) is 4.90 Å². The van der Waals surface area contributed by atoms with Crippen LogP contribution in [0.25, 0.3) is 0 Å². The number of nitrogens with zero attached hydrogens (tertiary/aromatic N) is 2. The van der Waals surface area contributed by atoms with Gasteiger partial charge in [0.2, 0.25) is 10.0 Å². The molecule has 1 fully saturated rings. The minimum atomic E-state index is -3.48. The molecule has 0 aliphatic carbocycles. The molecule has 108 valence electrons. The van der Waals surface area contributed by atoms with Gasteiger partial charge >= 0.3 is 0 Å². The number of rotatable bonds is 4. The lowest BCUT2D eigenvalue weighted by Crippen LogP contribution is -2.47. The van der Waals surface area contributed by atoms with E-state index < -0.39 is 10.0 Å². The zero-order valence-electron chi connectivity index (χ0n) is 11.7. The summed E-state index contributed by atoms with van der Waals surface area (Å²) in [5, 5.41) is 6.67. The molecule has 1 aromatic rings. The SMILES string of the molecule is CCN1CCCC(NS(=O)(=O)c2c(C)n[nH]c2C)C1. The van der Waals surface area contributed by atoms with E-state index in [4.69, 9.17) is 0 Å². The minimum absolute atomic E-state index is 0.00704. The fraction of sp³-hybridized carbons (Fsp3) is 0.750. The van der Waals surface area contributed by atoms with Gasteiger partial charge in [0.05, 0.1) is 11.4 Å². The summed E-state index contributed by atoms with van der Waals surface area (Å²) >= 11 is 0. The number of H-pyrrole nitrogens is 1. The van der Waals surface area contributed by atoms with Gasteiger partial charge in [0.15, 0.2) is 0 Å². The van der Waals surface area contributed by atoms with E-state index in [0.717, 1.165) is 32.5 Å². The lowest BCUT2D eigenvalue weighted by Gasteiger charge is -2.32. The number of aryl methyl sites for hydroxylation is 2. The Labute approximate surface area is 114 Å². The van der Waals surface area contributed by atoms with E-state index in [1.165, 1.54) is 0 Å². The molecule has 0 radical (unpaired) electrons. The van der Waals surface area contributed by atoms with Gasteiger partial charge in [-0.25, -0.2) is 13.1 Å². The molecule has 0 amide bonds. The van der Waals surface area contributed by atoms with Gasteiger partial charge < -0.3 is 4.90 Å². The standard InChI is InChI=1S/C12H22N4O2S/c1-4-16-7-5-6-11(8-16)15-19(17,18)12-9(2)13-14-10(12)3/h11,15H,4-8H2,1-3H3,(H,13,14). The maximum absolute atomic E-state index is 12.4. The van der Waals surface area contributed by atoms with Crippen LogP contribution in [0.15, 0.2) is 4.90 Å². The van der Waals surface area contributed by atoms with Crippen molar-refractivity contribution in [2.75, 3.05) is 19.6 Å². The predicted molar refractivity (Wildman–Crippen MR) is 73.5 cm³/mol. The van der Waals surface area contributed by atoms with E-state index in [9.17, 15) is 8.42 Å². The second-order valence-electron chi connectivity index (χ2n) is 5.12. The van der Waals surface area contributed by atoms with Gasteiger partial charge in [-0.3, -0.25) is 5.10 Å². The number of piperidine rings is 1. The average molecular weight is 286 g/mol. The Balaban J connectivity index is 2.14. The van der Waals surface area contributed by atoms with Crippen LogP contribution >= 0.6 is 0 Å². The first-order chi connectivity index (χ1) is 8.94. The summed E-state index contributed by atoms with van der Waals surface area (Å²) in [5.74, 6) is 0. The molecule has 2 heterocycles. The van der Waals surface area contributed by atoms with Crippen molar-refractivity contribution < 1.29 is 8.42 Å². The summed E-state index contributed by atoms with van der Waals surface area (Å²) in [6.45, 7) is 8.33. The van der Waals surface area contributed by atoms with E-state index in [-0.39, 0.29) is 6.04 Å². The molecular weight excluding hydrogens is 264 g/mol. The molecule has 1 unspecified atom stereocenters. The highest BCUT2D eigenvalue weighted by molar-refractivity contribution is 7.89. The quantitative estimate of drug-likeness (QED) is 0.858. The third kappa shape index (κ3) is 3.16. The van der Waals surface area contributed by atoms with Crippen LogP contribution in [0.1, 0.15) is 31.2 Å². The summed E-state index contributed by atoms with van der Waals surface area (Å²) in [7, 11) is -3.48. The molecule has 0 spiro atoms. The first-order valence-corrected chi connectivity index (χ1v) is 8.18. The highest BCUT2D eigenvalue weighted by Crippen LogP contribution is 2.18. The number of likely N-dealkylation sites (tertiary alicyclic amines) is 1. The topological polar surface area (TPSA) is 78.1 Å². The van der Waals surface area contributed by atoms with Crippen LogP contribution in [-0.4, -0.2) is 49.2 Å². The molecule has 0 bridgehead atoms. The number of nitrogens with one attached hydrogen (secondary N) is 2. The van der Waals surface area contributed by atoms with Crippen LogP contribution in [0.4, 0.5) is 0 Å². The van der Waals surface area contributed by atoms with Gasteiger partial charge in [-0.1, -0.05) is 6.92 Å². The van der Waals surface area contributed by atoms with Crippen LogP contribution in [0.2, 0.25) is 0 Å². The van der Waals surface area contributed by atoms with Crippen molar-refractivity contribution in [2.24, 2.45) is 0 Å². The Hall–Kier alpha value is -0.920. The molecule has 0 saturated carbocycles. The molecule has 1 aromatic heterocycles. The number of aromatic nitrogens is 2. The number of likely N-dealkylation sites (N-methyl/N-ethyl adjacent to an activating group) is 1. The molecule has 0 aromatic carbocycles. The number of hydrogen-bond acceptors (Lipinski definition) is 4. The maximum atomic E-state index is 12.4. The van der Waals surface area contributed by atoms with Crippen LogP contribution < -0.4 is 4.72 Å². The van der Waals surface area contributed by atoms with Crippen molar-refractivity contribution in [1.82, 2.24) is 19.8 Å². The minimum Gasteiger partial charge on any atom is -0.302 e. The van der Waals surface area contributed by atoms with E-state index >= 15 is 0 Å². The van der Waals surface area contributed by atoms with Crippen LogP contribution in [0.3, 0.4) is 0 Å². The average Bonchev–Trinajstić information content (AvgIpc) is 2.69. The van der Waals surface area contributed by atoms with Crippen molar-refractivity contribution in [2.45, 2.75) is 44.6 Å². The van der Waals surface area contributed by atoms with Crippen molar-refractivity contribution in [3.63, 3.8) is 0 Å². The van der Waals surface area contributed by atoms with E-state index in [2.05, 4.69) is 26.7 Å². The van der Waals surface area contributed by atoms with Gasteiger partial charge in [0, 0.05) is 12.6 Å². The predicted octanol–water partition coefficient (Wildman–Crippen LogP) is 0.789. The van der Waals surface area contributed by atoms with Gasteiger partial charge in [-0.2, -0.15) is 5.10 Å². The van der Waals surface area contributed by atoms with Gasteiger partial charge in [0.25, 0.3) is 0 Å². The largest absolute Gasteiger partial charge is 0.302 e. The van der Waals surface area contributed by atoms with Gasteiger partial charge in [-0.15, -0.1) is 0 Å². The molecule has 1 aliphatic rings. The molecular formula is C12H22N4O2S. The molecule has 19 heavy (non-hydrogen) atoms. The maximum Gasteiger partial charge on any atom is 0.244 e. The Morgan fingerprint density at radius 1 is 1.47 bits per heavy atom. The Bertz CT molecular complexity index is 518. The van der Waals surface area contributed by atoms with Crippen LogP contribution in [0.5, 0.6) is 0 Å². The Morgan fingerprint density at radius 2 is 2.21 bits per heavy atom. The summed E-state index contributed by atoms with van der Waals surface area (Å²) < 4.78 is 27.6. The second-order valence-corrected chi connectivity index (χ2v) is 6.77. The van der Waals surface area contributed by atoms with Crippen LogP contribution in [0, 0.1) is 13.8 Å². The zero-order chi connectivity index (χ0) is 14.0.